The predicted molar refractivity (Wildman–Crippen MR) is 57.3 cm³/mol. The van der Waals surface area contributed by atoms with Crippen molar-refractivity contribution in [3.05, 3.63) is 34.1 Å². The maximum Gasteiger partial charge on any atom is 0.143 e. The van der Waals surface area contributed by atoms with Gasteiger partial charge in [0, 0.05) is 17.9 Å². The van der Waals surface area contributed by atoms with Gasteiger partial charge in [-0.1, -0.05) is 12.1 Å². The smallest absolute Gasteiger partial charge is 0.143 e. The molecule has 0 saturated carbocycles. The molecule has 2 rings (SSSR count). The molecule has 1 aliphatic heterocycles. The summed E-state index contributed by atoms with van der Waals surface area (Å²) in [5.41, 5.74) is 0.747. The highest BCUT2D eigenvalue weighted by Crippen LogP contribution is 2.33. The summed E-state index contributed by atoms with van der Waals surface area (Å²) in [7, 11) is 0. The average molecular weight is 262 g/mol. The molecule has 1 aromatic carbocycles. The van der Waals surface area contributed by atoms with E-state index in [1.807, 2.05) is 12.1 Å². The highest BCUT2D eigenvalue weighted by atomic mass is 79.9. The van der Waals surface area contributed by atoms with E-state index in [2.05, 4.69) is 21.2 Å². The summed E-state index contributed by atoms with van der Waals surface area (Å²) in [5.74, 6) is 0.908. The van der Waals surface area contributed by atoms with Crippen LogP contribution in [0.5, 0.6) is 0 Å². The molecule has 1 saturated heterocycles. The molecule has 13 heavy (non-hydrogen) atoms. The minimum absolute atomic E-state index is 0.123. The van der Waals surface area contributed by atoms with Crippen LogP contribution in [-0.2, 0) is 0 Å². The number of rotatable bonds is 1. The Balaban J connectivity index is 2.33. The van der Waals surface area contributed by atoms with E-state index in [0.717, 1.165) is 17.9 Å². The molecule has 0 radical (unpaired) electrons. The molecule has 0 aromatic heterocycles. The van der Waals surface area contributed by atoms with Crippen molar-refractivity contribution >= 4 is 27.7 Å². The number of thioether (sulfide) groups is 1. The van der Waals surface area contributed by atoms with Gasteiger partial charge in [-0.25, -0.2) is 4.39 Å². The average Bonchev–Trinajstić information content (AvgIpc) is 2.62. The third kappa shape index (κ3) is 1.90. The highest BCUT2D eigenvalue weighted by Gasteiger charge is 2.20. The predicted octanol–water partition coefficient (Wildman–Crippen LogP) is 2.92. The zero-order chi connectivity index (χ0) is 9.26. The zero-order valence-corrected chi connectivity index (χ0v) is 9.29. The van der Waals surface area contributed by atoms with Crippen LogP contribution < -0.4 is 5.32 Å². The van der Waals surface area contributed by atoms with Crippen LogP contribution in [0.25, 0.3) is 0 Å². The molecule has 0 spiro atoms. The van der Waals surface area contributed by atoms with Gasteiger partial charge in [-0.15, -0.1) is 11.8 Å². The molecule has 1 aliphatic rings. The molecule has 0 aliphatic carbocycles. The van der Waals surface area contributed by atoms with Gasteiger partial charge in [0.1, 0.15) is 5.82 Å². The number of hydrogen-bond acceptors (Lipinski definition) is 2. The molecule has 1 aromatic rings. The maximum absolute atomic E-state index is 13.6. The summed E-state index contributed by atoms with van der Waals surface area (Å²) < 4.78 is 14.1. The van der Waals surface area contributed by atoms with Crippen molar-refractivity contribution < 1.29 is 4.39 Å². The van der Waals surface area contributed by atoms with Crippen LogP contribution in [0.2, 0.25) is 0 Å². The number of halogens is 2. The van der Waals surface area contributed by atoms with Gasteiger partial charge in [-0.3, -0.25) is 0 Å². The fourth-order valence-corrected chi connectivity index (χ4v) is 2.80. The largest absolute Gasteiger partial charge is 0.301 e. The van der Waals surface area contributed by atoms with E-state index < -0.39 is 0 Å². The summed E-state index contributed by atoms with van der Waals surface area (Å²) in [5, 5.41) is 3.37. The van der Waals surface area contributed by atoms with E-state index >= 15 is 0 Å². The molecule has 70 valence electrons. The van der Waals surface area contributed by atoms with Crippen molar-refractivity contribution in [3.63, 3.8) is 0 Å². The topological polar surface area (TPSA) is 12.0 Å². The van der Waals surface area contributed by atoms with Crippen LogP contribution in [0.4, 0.5) is 4.39 Å². The zero-order valence-electron chi connectivity index (χ0n) is 6.89. The third-order valence-electron chi connectivity index (χ3n) is 1.98. The Morgan fingerprint density at radius 3 is 3.08 bits per heavy atom. The first-order chi connectivity index (χ1) is 6.29. The van der Waals surface area contributed by atoms with E-state index in [0.29, 0.717) is 4.47 Å². The Morgan fingerprint density at radius 2 is 2.38 bits per heavy atom. The second kappa shape index (κ2) is 3.98. The first kappa shape index (κ1) is 9.49. The molecule has 1 unspecified atom stereocenters. The van der Waals surface area contributed by atoms with Gasteiger partial charge in [-0.2, -0.15) is 0 Å². The lowest BCUT2D eigenvalue weighted by Gasteiger charge is -2.11. The minimum atomic E-state index is -0.144. The fraction of sp³-hybridized carbons (Fsp3) is 0.333. The van der Waals surface area contributed by atoms with Crippen LogP contribution in [0.3, 0.4) is 0 Å². The van der Waals surface area contributed by atoms with Crippen LogP contribution >= 0.6 is 27.7 Å². The van der Waals surface area contributed by atoms with Gasteiger partial charge in [-0.05, 0) is 22.0 Å². The fourth-order valence-electron chi connectivity index (χ4n) is 1.35. The molecule has 0 amide bonds. The van der Waals surface area contributed by atoms with Gasteiger partial charge < -0.3 is 5.32 Å². The first-order valence-electron chi connectivity index (χ1n) is 4.08. The van der Waals surface area contributed by atoms with E-state index in [1.54, 1.807) is 17.8 Å². The standard InChI is InChI=1S/C9H9BrFNS/c10-7-3-1-2-6(8(7)11)9-12-4-5-13-9/h1-3,9,12H,4-5H2. The maximum atomic E-state index is 13.6. The summed E-state index contributed by atoms with van der Waals surface area (Å²) in [4.78, 5) is 0. The van der Waals surface area contributed by atoms with E-state index in [9.17, 15) is 4.39 Å². The molecular weight excluding hydrogens is 253 g/mol. The van der Waals surface area contributed by atoms with Crippen molar-refractivity contribution in [2.75, 3.05) is 12.3 Å². The molecule has 0 bridgehead atoms. The minimum Gasteiger partial charge on any atom is -0.301 e. The second-order valence-electron chi connectivity index (χ2n) is 2.85. The molecular formula is C9H9BrFNS. The Kier molecular flexibility index (Phi) is 2.91. The Morgan fingerprint density at radius 1 is 1.54 bits per heavy atom. The van der Waals surface area contributed by atoms with Gasteiger partial charge in [0.15, 0.2) is 0 Å². The summed E-state index contributed by atoms with van der Waals surface area (Å²) in [6, 6.07) is 5.41. The van der Waals surface area contributed by atoms with Crippen LogP contribution in [-0.4, -0.2) is 12.3 Å². The molecule has 1 N–H and O–H groups in total. The van der Waals surface area contributed by atoms with Gasteiger partial charge in [0.2, 0.25) is 0 Å². The molecule has 1 fully saturated rings. The van der Waals surface area contributed by atoms with Crippen LogP contribution in [0, 0.1) is 5.82 Å². The third-order valence-corrected chi connectivity index (χ3v) is 3.79. The lowest BCUT2D eigenvalue weighted by molar-refractivity contribution is 0.589. The normalized spacial score (nSPS) is 22.2. The Hall–Kier alpha value is -0.0600. The van der Waals surface area contributed by atoms with Gasteiger partial charge >= 0.3 is 0 Å². The van der Waals surface area contributed by atoms with Crippen molar-refractivity contribution in [2.45, 2.75) is 5.37 Å². The number of hydrogen-bond donors (Lipinski definition) is 1. The van der Waals surface area contributed by atoms with Crippen LogP contribution in [0.1, 0.15) is 10.9 Å². The SMILES string of the molecule is Fc1c(Br)cccc1C1NCCS1. The van der Waals surface area contributed by atoms with Gasteiger partial charge in [0.05, 0.1) is 9.85 Å². The number of benzene rings is 1. The summed E-state index contributed by atoms with van der Waals surface area (Å²) in [6.45, 7) is 0.960. The van der Waals surface area contributed by atoms with Crippen molar-refractivity contribution in [1.82, 2.24) is 5.32 Å². The quantitative estimate of drug-likeness (QED) is 0.835. The summed E-state index contributed by atoms with van der Waals surface area (Å²) >= 11 is 4.93. The van der Waals surface area contributed by atoms with Crippen molar-refractivity contribution in [2.24, 2.45) is 0 Å². The Bertz CT molecular complexity index is 312. The monoisotopic (exact) mass is 261 g/mol. The van der Waals surface area contributed by atoms with E-state index in [-0.39, 0.29) is 11.2 Å². The van der Waals surface area contributed by atoms with Crippen molar-refractivity contribution in [1.29, 1.82) is 0 Å². The Labute approximate surface area is 89.2 Å². The van der Waals surface area contributed by atoms with Crippen molar-refractivity contribution in [3.8, 4) is 0 Å². The van der Waals surface area contributed by atoms with Crippen LogP contribution in [0.15, 0.2) is 22.7 Å². The molecule has 1 atom stereocenters. The first-order valence-corrected chi connectivity index (χ1v) is 5.92. The lowest BCUT2D eigenvalue weighted by Crippen LogP contribution is -2.13. The number of nitrogens with one attached hydrogen (secondary N) is 1. The highest BCUT2D eigenvalue weighted by molar-refractivity contribution is 9.10. The molecule has 1 heterocycles. The molecule has 4 heteroatoms. The molecule has 1 nitrogen and oxygen atoms in total. The van der Waals surface area contributed by atoms with E-state index in [4.69, 9.17) is 0 Å². The van der Waals surface area contributed by atoms with Gasteiger partial charge in [0.25, 0.3) is 0 Å². The lowest BCUT2D eigenvalue weighted by atomic mass is 10.2. The van der Waals surface area contributed by atoms with E-state index in [1.165, 1.54) is 0 Å². The second-order valence-corrected chi connectivity index (χ2v) is 4.92. The summed E-state index contributed by atoms with van der Waals surface area (Å²) in [6.07, 6.45) is 0.